The van der Waals surface area contributed by atoms with Crippen LogP contribution in [0.4, 0.5) is 0 Å². The Morgan fingerprint density at radius 2 is 2.26 bits per heavy atom. The maximum atomic E-state index is 11.9. The fourth-order valence-corrected chi connectivity index (χ4v) is 2.17. The molecule has 1 aliphatic carbocycles. The van der Waals surface area contributed by atoms with Gasteiger partial charge in [-0.3, -0.25) is 4.79 Å². The Balaban J connectivity index is 1.93. The van der Waals surface area contributed by atoms with Crippen molar-refractivity contribution in [3.05, 3.63) is 28.8 Å². The summed E-state index contributed by atoms with van der Waals surface area (Å²) in [7, 11) is 1.57. The standard InChI is InChI=1S/C14H18ClNO3/c1-19-12-3-2-11(15)6-10(12)7-13(18)16-8-14(9-17)4-5-14/h2-3,6,17H,4-5,7-9H2,1H3,(H,16,18). The lowest BCUT2D eigenvalue weighted by Crippen LogP contribution is -2.32. The van der Waals surface area contributed by atoms with Crippen molar-refractivity contribution >= 4 is 17.5 Å². The van der Waals surface area contributed by atoms with Gasteiger partial charge in [-0.15, -0.1) is 0 Å². The number of benzene rings is 1. The normalized spacial score (nSPS) is 15.9. The Hall–Kier alpha value is -1.26. The van der Waals surface area contributed by atoms with Crippen molar-refractivity contribution < 1.29 is 14.6 Å². The highest BCUT2D eigenvalue weighted by atomic mass is 35.5. The van der Waals surface area contributed by atoms with E-state index in [0.29, 0.717) is 17.3 Å². The topological polar surface area (TPSA) is 58.6 Å². The molecular formula is C14H18ClNO3. The van der Waals surface area contributed by atoms with Gasteiger partial charge >= 0.3 is 0 Å². The first kappa shape index (κ1) is 14.2. The molecule has 5 heteroatoms. The molecular weight excluding hydrogens is 266 g/mol. The zero-order valence-electron chi connectivity index (χ0n) is 10.9. The second-order valence-electron chi connectivity index (χ2n) is 5.07. The lowest BCUT2D eigenvalue weighted by molar-refractivity contribution is -0.120. The van der Waals surface area contributed by atoms with Gasteiger partial charge in [0, 0.05) is 22.5 Å². The first-order valence-electron chi connectivity index (χ1n) is 6.28. The van der Waals surface area contributed by atoms with E-state index in [-0.39, 0.29) is 24.3 Å². The average molecular weight is 284 g/mol. The van der Waals surface area contributed by atoms with Crippen LogP contribution in [0.2, 0.25) is 5.02 Å². The maximum Gasteiger partial charge on any atom is 0.224 e. The number of aliphatic hydroxyl groups excluding tert-OH is 1. The zero-order chi connectivity index (χ0) is 13.9. The van der Waals surface area contributed by atoms with Gasteiger partial charge in [0.05, 0.1) is 20.1 Å². The van der Waals surface area contributed by atoms with Gasteiger partial charge in [0.2, 0.25) is 5.91 Å². The number of rotatable bonds is 6. The fraction of sp³-hybridized carbons (Fsp3) is 0.500. The van der Waals surface area contributed by atoms with E-state index in [9.17, 15) is 9.90 Å². The summed E-state index contributed by atoms with van der Waals surface area (Å²) in [5.74, 6) is 0.572. The number of hydrogen-bond donors (Lipinski definition) is 2. The Bertz CT molecular complexity index is 472. The number of carbonyl (C=O) groups is 1. The Morgan fingerprint density at radius 3 is 2.84 bits per heavy atom. The molecule has 1 saturated carbocycles. The van der Waals surface area contributed by atoms with Crippen LogP contribution in [-0.2, 0) is 11.2 Å². The van der Waals surface area contributed by atoms with Crippen molar-refractivity contribution in [2.24, 2.45) is 5.41 Å². The third-order valence-corrected chi connectivity index (χ3v) is 3.78. The Kier molecular flexibility index (Phi) is 4.32. The van der Waals surface area contributed by atoms with E-state index in [4.69, 9.17) is 16.3 Å². The van der Waals surface area contributed by atoms with Crippen LogP contribution in [0.1, 0.15) is 18.4 Å². The largest absolute Gasteiger partial charge is 0.496 e. The molecule has 0 aliphatic heterocycles. The smallest absolute Gasteiger partial charge is 0.224 e. The van der Waals surface area contributed by atoms with Crippen LogP contribution in [0.15, 0.2) is 18.2 Å². The molecule has 0 heterocycles. The molecule has 1 aliphatic rings. The van der Waals surface area contributed by atoms with Crippen molar-refractivity contribution in [1.29, 1.82) is 0 Å². The first-order chi connectivity index (χ1) is 9.08. The van der Waals surface area contributed by atoms with Gasteiger partial charge in [-0.05, 0) is 31.0 Å². The van der Waals surface area contributed by atoms with Crippen LogP contribution in [-0.4, -0.2) is 31.3 Å². The molecule has 0 unspecified atom stereocenters. The highest BCUT2D eigenvalue weighted by Gasteiger charge is 2.42. The predicted octanol–water partition coefficient (Wildman–Crippen LogP) is 1.78. The summed E-state index contributed by atoms with van der Waals surface area (Å²) in [5.41, 5.74) is 0.690. The molecule has 0 saturated heterocycles. The van der Waals surface area contributed by atoms with Gasteiger partial charge in [0.1, 0.15) is 5.75 Å². The van der Waals surface area contributed by atoms with Gasteiger partial charge in [-0.1, -0.05) is 11.6 Å². The average Bonchev–Trinajstić information content (AvgIpc) is 3.17. The number of methoxy groups -OCH3 is 1. The summed E-state index contributed by atoms with van der Waals surface area (Å²) in [6, 6.07) is 5.21. The molecule has 0 bridgehead atoms. The highest BCUT2D eigenvalue weighted by Crippen LogP contribution is 2.44. The Morgan fingerprint density at radius 1 is 1.53 bits per heavy atom. The van der Waals surface area contributed by atoms with E-state index < -0.39 is 0 Å². The second-order valence-corrected chi connectivity index (χ2v) is 5.50. The number of ether oxygens (including phenoxy) is 1. The van der Waals surface area contributed by atoms with E-state index in [1.807, 2.05) is 0 Å². The molecule has 0 spiro atoms. The number of amides is 1. The lowest BCUT2D eigenvalue weighted by atomic mass is 10.1. The van der Waals surface area contributed by atoms with Gasteiger partial charge < -0.3 is 15.2 Å². The first-order valence-corrected chi connectivity index (χ1v) is 6.66. The number of halogens is 1. The number of aliphatic hydroxyl groups is 1. The molecule has 2 N–H and O–H groups in total. The van der Waals surface area contributed by atoms with E-state index in [2.05, 4.69) is 5.32 Å². The molecule has 4 nitrogen and oxygen atoms in total. The fourth-order valence-electron chi connectivity index (χ4n) is 1.97. The second kappa shape index (κ2) is 5.80. The molecule has 0 atom stereocenters. The molecule has 1 aromatic carbocycles. The molecule has 104 valence electrons. The predicted molar refractivity (Wildman–Crippen MR) is 73.5 cm³/mol. The minimum Gasteiger partial charge on any atom is -0.496 e. The van der Waals surface area contributed by atoms with Crippen molar-refractivity contribution in [3.63, 3.8) is 0 Å². The third-order valence-electron chi connectivity index (χ3n) is 3.55. The van der Waals surface area contributed by atoms with Crippen LogP contribution >= 0.6 is 11.6 Å². The van der Waals surface area contributed by atoms with Crippen molar-refractivity contribution in [2.45, 2.75) is 19.3 Å². The quantitative estimate of drug-likeness (QED) is 0.837. The lowest BCUT2D eigenvalue weighted by Gasteiger charge is -2.13. The maximum absolute atomic E-state index is 11.9. The van der Waals surface area contributed by atoms with Crippen LogP contribution in [0.3, 0.4) is 0 Å². The highest BCUT2D eigenvalue weighted by molar-refractivity contribution is 6.30. The molecule has 1 aromatic rings. The van der Waals surface area contributed by atoms with E-state index in [0.717, 1.165) is 18.4 Å². The summed E-state index contributed by atoms with van der Waals surface area (Å²) < 4.78 is 5.20. The molecule has 2 rings (SSSR count). The van der Waals surface area contributed by atoms with Crippen LogP contribution < -0.4 is 10.1 Å². The minimum absolute atomic E-state index is 0.0753. The van der Waals surface area contributed by atoms with Crippen molar-refractivity contribution in [2.75, 3.05) is 20.3 Å². The molecule has 1 amide bonds. The van der Waals surface area contributed by atoms with E-state index in [1.165, 1.54) is 0 Å². The van der Waals surface area contributed by atoms with Crippen molar-refractivity contribution in [1.82, 2.24) is 5.32 Å². The van der Waals surface area contributed by atoms with Gasteiger partial charge in [0.15, 0.2) is 0 Å². The van der Waals surface area contributed by atoms with Gasteiger partial charge in [0.25, 0.3) is 0 Å². The Labute approximate surface area is 117 Å². The summed E-state index contributed by atoms with van der Waals surface area (Å²) in [4.78, 5) is 11.9. The molecule has 0 aromatic heterocycles. The number of carbonyl (C=O) groups excluding carboxylic acids is 1. The van der Waals surface area contributed by atoms with Crippen molar-refractivity contribution in [3.8, 4) is 5.75 Å². The monoisotopic (exact) mass is 283 g/mol. The summed E-state index contributed by atoms with van der Waals surface area (Å²) >= 11 is 5.92. The van der Waals surface area contributed by atoms with Gasteiger partial charge in [-0.2, -0.15) is 0 Å². The van der Waals surface area contributed by atoms with Crippen LogP contribution in [0, 0.1) is 5.41 Å². The van der Waals surface area contributed by atoms with E-state index >= 15 is 0 Å². The summed E-state index contributed by atoms with van der Waals surface area (Å²) in [6.07, 6.45) is 2.18. The van der Waals surface area contributed by atoms with Crippen LogP contribution in [0.25, 0.3) is 0 Å². The minimum atomic E-state index is -0.0831. The summed E-state index contributed by atoms with van der Waals surface area (Å²) in [6.45, 7) is 0.666. The number of nitrogens with one attached hydrogen (secondary N) is 1. The van der Waals surface area contributed by atoms with Crippen LogP contribution in [0.5, 0.6) is 5.75 Å². The van der Waals surface area contributed by atoms with E-state index in [1.54, 1.807) is 25.3 Å². The molecule has 1 fully saturated rings. The number of hydrogen-bond acceptors (Lipinski definition) is 3. The summed E-state index contributed by atoms with van der Waals surface area (Å²) in [5, 5.41) is 12.6. The molecule has 0 radical (unpaired) electrons. The van der Waals surface area contributed by atoms with Gasteiger partial charge in [-0.25, -0.2) is 0 Å². The zero-order valence-corrected chi connectivity index (χ0v) is 11.7. The third kappa shape index (κ3) is 3.61. The molecule has 19 heavy (non-hydrogen) atoms. The SMILES string of the molecule is COc1ccc(Cl)cc1CC(=O)NCC1(CO)CC1.